The van der Waals surface area contributed by atoms with E-state index in [9.17, 15) is 4.79 Å². The first-order valence-electron chi connectivity index (χ1n) is 8.94. The van der Waals surface area contributed by atoms with E-state index in [1.54, 1.807) is 10.7 Å². The molecule has 26 heavy (non-hydrogen) atoms. The minimum absolute atomic E-state index is 0.200. The van der Waals surface area contributed by atoms with Crippen LogP contribution in [0.2, 0.25) is 0 Å². The van der Waals surface area contributed by atoms with Crippen molar-refractivity contribution in [2.24, 2.45) is 0 Å². The summed E-state index contributed by atoms with van der Waals surface area (Å²) in [6, 6.07) is 5.97. The fourth-order valence-electron chi connectivity index (χ4n) is 3.11. The molecule has 0 saturated carbocycles. The number of fused-ring (bicyclic) bond motifs is 1. The van der Waals surface area contributed by atoms with Gasteiger partial charge in [-0.15, -0.1) is 0 Å². The Morgan fingerprint density at radius 1 is 1.12 bits per heavy atom. The van der Waals surface area contributed by atoms with Gasteiger partial charge < -0.3 is 5.32 Å². The summed E-state index contributed by atoms with van der Waals surface area (Å²) in [6.07, 6.45) is 5.33. The van der Waals surface area contributed by atoms with Crippen molar-refractivity contribution in [2.75, 3.05) is 18.4 Å². The van der Waals surface area contributed by atoms with Gasteiger partial charge in [0.15, 0.2) is 5.65 Å². The van der Waals surface area contributed by atoms with Gasteiger partial charge in [0.05, 0.1) is 6.20 Å². The lowest BCUT2D eigenvalue weighted by Gasteiger charge is -2.17. The van der Waals surface area contributed by atoms with Gasteiger partial charge in [-0.1, -0.05) is 19.9 Å². The number of nitrogens with zero attached hydrogens (tertiary/aromatic N) is 4. The number of rotatable bonds is 6. The molecule has 0 unspecified atom stereocenters. The number of nitrogens with one attached hydrogen (secondary N) is 1. The number of aromatic nitrogens is 3. The fourth-order valence-corrected chi connectivity index (χ4v) is 3.11. The lowest BCUT2D eigenvalue weighted by molar-refractivity contribution is 0.102. The van der Waals surface area contributed by atoms with Gasteiger partial charge in [0.2, 0.25) is 0 Å². The van der Waals surface area contributed by atoms with Crippen LogP contribution < -0.4 is 5.32 Å². The molecule has 136 valence electrons. The Hall–Kier alpha value is -2.73. The molecule has 1 aromatic carbocycles. The summed E-state index contributed by atoms with van der Waals surface area (Å²) in [5.41, 5.74) is 5.11. The van der Waals surface area contributed by atoms with E-state index in [0.717, 1.165) is 42.0 Å². The van der Waals surface area contributed by atoms with Gasteiger partial charge in [0.25, 0.3) is 5.91 Å². The van der Waals surface area contributed by atoms with Crippen LogP contribution in [0.25, 0.3) is 5.65 Å². The lowest BCUT2D eigenvalue weighted by atomic mass is 10.1. The molecular formula is C20H25N5O. The highest BCUT2D eigenvalue weighted by Crippen LogP contribution is 2.17. The highest BCUT2D eigenvalue weighted by Gasteiger charge is 2.15. The van der Waals surface area contributed by atoms with E-state index in [0.29, 0.717) is 11.2 Å². The molecule has 0 saturated heterocycles. The summed E-state index contributed by atoms with van der Waals surface area (Å²) in [7, 11) is 0. The van der Waals surface area contributed by atoms with E-state index in [1.807, 2.05) is 38.4 Å². The highest BCUT2D eigenvalue weighted by atomic mass is 16.1. The zero-order valence-electron chi connectivity index (χ0n) is 15.8. The maximum Gasteiger partial charge on any atom is 0.261 e. The predicted molar refractivity (Wildman–Crippen MR) is 103 cm³/mol. The molecule has 0 aliphatic rings. The number of hydrogen-bond acceptors (Lipinski definition) is 4. The van der Waals surface area contributed by atoms with Gasteiger partial charge in [-0.3, -0.25) is 9.69 Å². The molecule has 1 amide bonds. The van der Waals surface area contributed by atoms with Crippen molar-refractivity contribution in [1.82, 2.24) is 19.5 Å². The number of carbonyl (C=O) groups excluding carboxylic acids is 1. The zero-order chi connectivity index (χ0) is 18.7. The molecule has 0 aliphatic carbocycles. The Morgan fingerprint density at radius 2 is 1.81 bits per heavy atom. The first-order valence-corrected chi connectivity index (χ1v) is 8.94. The molecule has 3 aromatic rings. The van der Waals surface area contributed by atoms with Crippen LogP contribution in [0.3, 0.4) is 0 Å². The quantitative estimate of drug-likeness (QED) is 0.739. The topological polar surface area (TPSA) is 62.5 Å². The summed E-state index contributed by atoms with van der Waals surface area (Å²) in [5.74, 6) is -0.200. The largest absolute Gasteiger partial charge is 0.322 e. The van der Waals surface area contributed by atoms with Crippen molar-refractivity contribution in [3.63, 3.8) is 0 Å². The third-order valence-corrected chi connectivity index (χ3v) is 4.43. The molecule has 0 radical (unpaired) electrons. The third-order valence-electron chi connectivity index (χ3n) is 4.43. The molecule has 0 fully saturated rings. The Balaban J connectivity index is 1.83. The van der Waals surface area contributed by atoms with Crippen LogP contribution in [0.1, 0.15) is 40.9 Å². The second-order valence-electron chi connectivity index (χ2n) is 6.58. The van der Waals surface area contributed by atoms with Crippen molar-refractivity contribution < 1.29 is 4.79 Å². The average molecular weight is 351 g/mol. The van der Waals surface area contributed by atoms with Gasteiger partial charge in [0.1, 0.15) is 5.56 Å². The maximum absolute atomic E-state index is 12.7. The second kappa shape index (κ2) is 7.66. The average Bonchev–Trinajstić information content (AvgIpc) is 3.02. The highest BCUT2D eigenvalue weighted by molar-refractivity contribution is 6.08. The van der Waals surface area contributed by atoms with Gasteiger partial charge in [0, 0.05) is 30.2 Å². The van der Waals surface area contributed by atoms with E-state index in [2.05, 4.69) is 40.2 Å². The molecule has 3 rings (SSSR count). The number of benzene rings is 1. The van der Waals surface area contributed by atoms with Crippen molar-refractivity contribution in [2.45, 2.75) is 34.2 Å². The maximum atomic E-state index is 12.7. The summed E-state index contributed by atoms with van der Waals surface area (Å²) < 4.78 is 1.68. The Bertz CT molecular complexity index is 907. The number of carbonyl (C=O) groups is 1. The second-order valence-corrected chi connectivity index (χ2v) is 6.58. The monoisotopic (exact) mass is 351 g/mol. The van der Waals surface area contributed by atoms with Gasteiger partial charge in [-0.25, -0.2) is 9.50 Å². The molecule has 2 aromatic heterocycles. The van der Waals surface area contributed by atoms with E-state index in [1.165, 1.54) is 0 Å². The van der Waals surface area contributed by atoms with Gasteiger partial charge in [-0.05, 0) is 50.2 Å². The summed E-state index contributed by atoms with van der Waals surface area (Å²) >= 11 is 0. The van der Waals surface area contributed by atoms with E-state index < -0.39 is 0 Å². The minimum atomic E-state index is -0.200. The van der Waals surface area contributed by atoms with Gasteiger partial charge >= 0.3 is 0 Å². The summed E-state index contributed by atoms with van der Waals surface area (Å²) in [5, 5.41) is 7.25. The Morgan fingerprint density at radius 3 is 2.46 bits per heavy atom. The van der Waals surface area contributed by atoms with E-state index in [-0.39, 0.29) is 5.91 Å². The van der Waals surface area contributed by atoms with Crippen LogP contribution in [-0.2, 0) is 6.54 Å². The van der Waals surface area contributed by atoms with Crippen LogP contribution in [-0.4, -0.2) is 38.5 Å². The van der Waals surface area contributed by atoms with Gasteiger partial charge in [-0.2, -0.15) is 5.10 Å². The molecule has 0 bridgehead atoms. The summed E-state index contributed by atoms with van der Waals surface area (Å²) in [4.78, 5) is 19.4. The third kappa shape index (κ3) is 3.91. The zero-order valence-corrected chi connectivity index (χ0v) is 15.8. The van der Waals surface area contributed by atoms with Crippen molar-refractivity contribution in [3.05, 3.63) is 59.0 Å². The molecule has 1 N–H and O–H groups in total. The fraction of sp³-hybridized carbons (Fsp3) is 0.350. The summed E-state index contributed by atoms with van der Waals surface area (Å²) in [6.45, 7) is 11.1. The molecule has 0 atom stereocenters. The van der Waals surface area contributed by atoms with Crippen LogP contribution in [0.15, 0.2) is 36.8 Å². The van der Waals surface area contributed by atoms with Crippen molar-refractivity contribution >= 4 is 17.2 Å². The standard InChI is InChI=1S/C20H25N5O/c1-5-24(6-2)12-16-10-21-19-18(11-22-25(19)13-16)20(26)23-17-8-14(3)7-15(4)9-17/h7-11,13H,5-6,12H2,1-4H3,(H,23,26). The first kappa shape index (κ1) is 18.1. The molecule has 6 nitrogen and oxygen atoms in total. The van der Waals surface area contributed by atoms with Crippen LogP contribution in [0.4, 0.5) is 5.69 Å². The minimum Gasteiger partial charge on any atom is -0.322 e. The van der Waals surface area contributed by atoms with Crippen molar-refractivity contribution in [3.8, 4) is 0 Å². The van der Waals surface area contributed by atoms with Crippen LogP contribution in [0.5, 0.6) is 0 Å². The van der Waals surface area contributed by atoms with E-state index in [4.69, 9.17) is 0 Å². The van der Waals surface area contributed by atoms with Crippen LogP contribution in [0, 0.1) is 13.8 Å². The Labute approximate surface area is 153 Å². The smallest absolute Gasteiger partial charge is 0.261 e. The number of amides is 1. The van der Waals surface area contributed by atoms with Crippen molar-refractivity contribution in [1.29, 1.82) is 0 Å². The molecule has 0 spiro atoms. The lowest BCUT2D eigenvalue weighted by Crippen LogP contribution is -2.22. The SMILES string of the molecule is CCN(CC)Cc1cnc2c(C(=O)Nc3cc(C)cc(C)c3)cnn2c1. The van der Waals surface area contributed by atoms with E-state index >= 15 is 0 Å². The first-order chi connectivity index (χ1) is 12.5. The Kier molecular flexibility index (Phi) is 5.32. The molecule has 2 heterocycles. The number of aryl methyl sites for hydroxylation is 2. The molecule has 6 heteroatoms. The van der Waals surface area contributed by atoms with Crippen LogP contribution >= 0.6 is 0 Å². The predicted octanol–water partition coefficient (Wildman–Crippen LogP) is 3.44. The number of hydrogen-bond donors (Lipinski definition) is 1. The molecular weight excluding hydrogens is 326 g/mol. The normalized spacial score (nSPS) is 11.3. The number of anilines is 1. The molecule has 0 aliphatic heterocycles.